The molecule has 6 N–H and O–H groups in total. The molecule has 0 spiro atoms. The first kappa shape index (κ1) is 24.7. The third kappa shape index (κ3) is 5.18. The van der Waals surface area contributed by atoms with E-state index in [0.717, 1.165) is 0 Å². The molecule has 5 atom stereocenters. The molecule has 3 heterocycles. The van der Waals surface area contributed by atoms with Gasteiger partial charge in [0.1, 0.15) is 23.8 Å². The van der Waals surface area contributed by atoms with Crippen LogP contribution in [0.5, 0.6) is 0 Å². The Kier molecular flexibility index (Phi) is 7.37. The zero-order valence-corrected chi connectivity index (χ0v) is 18.6. The first-order valence-electron chi connectivity index (χ1n) is 9.40. The molecule has 1 aliphatic rings. The van der Waals surface area contributed by atoms with Gasteiger partial charge in [-0.15, -0.1) is 0 Å². The molecule has 0 bridgehead atoms. The Morgan fingerprint density at radius 3 is 2.66 bits per heavy atom. The normalized spacial score (nSPS) is 24.9. The number of carbonyl (C=O) groups is 1. The zero-order chi connectivity index (χ0) is 23.8. The molecule has 2 aromatic rings. The van der Waals surface area contributed by atoms with Crippen molar-refractivity contribution in [2.75, 3.05) is 18.9 Å². The quantitative estimate of drug-likeness (QED) is 0.176. The van der Waals surface area contributed by atoms with Crippen molar-refractivity contribution in [3.63, 3.8) is 0 Å². The van der Waals surface area contributed by atoms with Crippen molar-refractivity contribution in [3.05, 3.63) is 11.6 Å². The number of hydrogen-bond acceptors (Lipinski definition) is 11. The third-order valence-electron chi connectivity index (χ3n) is 4.52. The van der Waals surface area contributed by atoms with Crippen LogP contribution in [-0.4, -0.2) is 82.9 Å². The van der Waals surface area contributed by atoms with E-state index in [0.29, 0.717) is 0 Å². The highest BCUT2D eigenvalue weighted by molar-refractivity contribution is 7.53. The molecule has 3 rings (SSSR count). The lowest BCUT2D eigenvalue weighted by Crippen LogP contribution is -2.36. The van der Waals surface area contributed by atoms with Crippen LogP contribution < -0.4 is 5.73 Å². The van der Waals surface area contributed by atoms with Gasteiger partial charge in [0.15, 0.2) is 17.7 Å². The number of aromatic nitrogens is 4. The Morgan fingerprint density at radius 2 is 2.03 bits per heavy atom. The van der Waals surface area contributed by atoms with E-state index in [9.17, 15) is 29.4 Å². The second-order valence-electron chi connectivity index (χ2n) is 7.55. The van der Waals surface area contributed by atoms with Gasteiger partial charge in [0.2, 0.25) is 5.28 Å². The van der Waals surface area contributed by atoms with Gasteiger partial charge in [-0.25, -0.2) is 9.78 Å². The summed E-state index contributed by atoms with van der Waals surface area (Å²) in [5, 5.41) is 20.6. The van der Waals surface area contributed by atoms with E-state index >= 15 is 0 Å². The topological polar surface area (TPSA) is 212 Å². The molecular weight excluding hydrogens is 473 g/mol. The molecule has 1 aliphatic heterocycles. The fraction of sp³-hybridized carbons (Fsp3) is 0.625. The molecule has 0 aliphatic carbocycles. The lowest BCUT2D eigenvalue weighted by atomic mass is 10.1. The molecule has 0 amide bonds. The number of esters is 1. The average molecular weight is 496 g/mol. The number of hydrogen-bond donors (Lipinski definition) is 5. The van der Waals surface area contributed by atoms with Crippen LogP contribution in [0.3, 0.4) is 0 Å². The van der Waals surface area contributed by atoms with E-state index < -0.39 is 50.6 Å². The van der Waals surface area contributed by atoms with Gasteiger partial charge in [0, 0.05) is 0 Å². The highest BCUT2D eigenvalue weighted by Gasteiger charge is 2.46. The fourth-order valence-electron chi connectivity index (χ4n) is 3.00. The first-order valence-corrected chi connectivity index (χ1v) is 11.5. The Morgan fingerprint density at radius 1 is 1.34 bits per heavy atom. The number of halogens is 1. The number of aliphatic hydroxyl groups is 2. The predicted molar refractivity (Wildman–Crippen MR) is 108 cm³/mol. The van der Waals surface area contributed by atoms with E-state index in [1.165, 1.54) is 10.9 Å². The number of ether oxygens (including phenoxy) is 3. The van der Waals surface area contributed by atoms with Crippen LogP contribution in [0.4, 0.5) is 5.82 Å². The lowest BCUT2D eigenvalue weighted by Gasteiger charge is -2.21. The number of nitrogens with zero attached hydrogens (tertiary/aromatic N) is 4. The van der Waals surface area contributed by atoms with Gasteiger partial charge in [-0.2, -0.15) is 9.97 Å². The Labute approximate surface area is 186 Å². The van der Waals surface area contributed by atoms with Gasteiger partial charge in [0.25, 0.3) is 5.85 Å². The maximum absolute atomic E-state index is 12.1. The van der Waals surface area contributed by atoms with Gasteiger partial charge in [0.05, 0.1) is 19.5 Å². The van der Waals surface area contributed by atoms with Crippen molar-refractivity contribution in [1.29, 1.82) is 0 Å². The van der Waals surface area contributed by atoms with Crippen LogP contribution in [0.25, 0.3) is 11.2 Å². The molecule has 16 heteroatoms. The lowest BCUT2D eigenvalue weighted by molar-refractivity contribution is -0.156. The Balaban J connectivity index is 1.75. The summed E-state index contributed by atoms with van der Waals surface area (Å²) in [5.41, 5.74) is 6.07. The molecule has 2 aromatic heterocycles. The summed E-state index contributed by atoms with van der Waals surface area (Å²) in [7, 11) is -5.05. The van der Waals surface area contributed by atoms with Gasteiger partial charge in [-0.05, 0) is 17.5 Å². The van der Waals surface area contributed by atoms with Gasteiger partial charge < -0.3 is 39.9 Å². The molecule has 0 radical (unpaired) electrons. The summed E-state index contributed by atoms with van der Waals surface area (Å²) in [5.74, 6) is -3.53. The molecule has 0 saturated carbocycles. The smallest absolute Gasteiger partial charge is 0.365 e. The second-order valence-corrected chi connectivity index (χ2v) is 9.53. The van der Waals surface area contributed by atoms with E-state index in [2.05, 4.69) is 15.0 Å². The van der Waals surface area contributed by atoms with Crippen molar-refractivity contribution in [2.45, 2.75) is 44.2 Å². The zero-order valence-electron chi connectivity index (χ0n) is 17.0. The van der Waals surface area contributed by atoms with Crippen molar-refractivity contribution in [3.8, 4) is 0 Å². The summed E-state index contributed by atoms with van der Waals surface area (Å²) in [6.07, 6.45) is -4.25. The molecule has 1 unspecified atom stereocenters. The van der Waals surface area contributed by atoms with E-state index in [-0.39, 0.29) is 34.8 Å². The Hall–Kier alpha value is -1.90. The summed E-state index contributed by atoms with van der Waals surface area (Å²) < 4.78 is 28.5. The second kappa shape index (κ2) is 9.53. The summed E-state index contributed by atoms with van der Waals surface area (Å²) >= 11 is 5.82. The maximum atomic E-state index is 12.1. The third-order valence-corrected chi connectivity index (χ3v) is 5.66. The number of imidazole rings is 1. The van der Waals surface area contributed by atoms with E-state index in [1.807, 2.05) is 0 Å². The fourth-order valence-corrected chi connectivity index (χ4v) is 3.80. The van der Waals surface area contributed by atoms with E-state index in [1.54, 1.807) is 13.8 Å². The molecule has 1 fully saturated rings. The minimum atomic E-state index is -5.05. The monoisotopic (exact) mass is 495 g/mol. The molecular formula is C16H23ClN5O9P. The highest BCUT2D eigenvalue weighted by Crippen LogP contribution is 2.43. The molecule has 14 nitrogen and oxygen atoms in total. The highest BCUT2D eigenvalue weighted by atomic mass is 35.5. The largest absolute Gasteiger partial charge is 0.463 e. The SMILES string of the molecule is CC(C)COC(=O)C(OC[C@H]1O[C@@H](n2cnc3c(N)nc(Cl)nc32)[C@H](O)[C@@H]1O)P(=O)(O)O. The van der Waals surface area contributed by atoms with Crippen molar-refractivity contribution in [1.82, 2.24) is 19.5 Å². The summed E-state index contributed by atoms with van der Waals surface area (Å²) in [6.45, 7) is 2.79. The maximum Gasteiger partial charge on any atom is 0.365 e. The van der Waals surface area contributed by atoms with Gasteiger partial charge in [-0.1, -0.05) is 13.8 Å². The first-order chi connectivity index (χ1) is 14.9. The van der Waals surface area contributed by atoms with Gasteiger partial charge >= 0.3 is 13.6 Å². The number of carbonyl (C=O) groups excluding carboxylic acids is 1. The minimum absolute atomic E-state index is 0.00364. The number of fused-ring (bicyclic) bond motifs is 1. The van der Waals surface area contributed by atoms with Crippen LogP contribution >= 0.6 is 19.2 Å². The molecule has 32 heavy (non-hydrogen) atoms. The summed E-state index contributed by atoms with van der Waals surface area (Å²) in [6, 6.07) is 0. The number of aliphatic hydroxyl groups excluding tert-OH is 2. The molecule has 0 aromatic carbocycles. The number of anilines is 1. The number of nitrogens with two attached hydrogens (primary N) is 1. The molecule has 178 valence electrons. The van der Waals surface area contributed by atoms with Crippen LogP contribution in [-0.2, 0) is 23.6 Å². The van der Waals surface area contributed by atoms with Gasteiger partial charge in [-0.3, -0.25) is 9.13 Å². The van der Waals surface area contributed by atoms with E-state index in [4.69, 9.17) is 31.5 Å². The predicted octanol–water partition coefficient (Wildman–Crippen LogP) is -0.599. The van der Waals surface area contributed by atoms with Crippen LogP contribution in [0.1, 0.15) is 20.1 Å². The van der Waals surface area contributed by atoms with Crippen molar-refractivity contribution < 1.29 is 43.6 Å². The van der Waals surface area contributed by atoms with Crippen LogP contribution in [0, 0.1) is 5.92 Å². The average Bonchev–Trinajstić information content (AvgIpc) is 3.21. The van der Waals surface area contributed by atoms with Crippen molar-refractivity contribution in [2.24, 2.45) is 5.92 Å². The van der Waals surface area contributed by atoms with Crippen LogP contribution in [0.2, 0.25) is 5.28 Å². The minimum Gasteiger partial charge on any atom is -0.463 e. The number of rotatable bonds is 8. The van der Waals surface area contributed by atoms with Crippen molar-refractivity contribution >= 4 is 42.1 Å². The van der Waals surface area contributed by atoms with Crippen LogP contribution in [0.15, 0.2) is 6.33 Å². The standard InChI is InChI=1S/C16H23ClN5O9P/c1-6(2)3-29-14(25)15(32(26,27)28)30-4-7-9(23)10(24)13(31-7)22-5-19-8-11(18)20-16(17)21-12(8)22/h5-7,9-10,13,15,23-24H,3-4H2,1-2H3,(H2,18,20,21)(H2,26,27,28)/t7-,9-,10-,13-,15?/m1/s1. The number of nitrogen functional groups attached to an aromatic ring is 1. The molecule has 1 saturated heterocycles. The summed E-state index contributed by atoms with van der Waals surface area (Å²) in [4.78, 5) is 42.8. The Bertz CT molecular complexity index is 1030.